The monoisotopic (exact) mass is 346 g/mol. The zero-order valence-electron chi connectivity index (χ0n) is 14.4. The Morgan fingerprint density at radius 3 is 2.65 bits per heavy atom. The third-order valence-corrected chi connectivity index (χ3v) is 4.00. The number of hydrogen-bond donors (Lipinski definition) is 0. The highest BCUT2D eigenvalue weighted by atomic mass is 16.5. The number of fused-ring (bicyclic) bond motifs is 1. The van der Waals surface area contributed by atoms with E-state index in [2.05, 4.69) is 33.7 Å². The van der Waals surface area contributed by atoms with Gasteiger partial charge in [-0.1, -0.05) is 30.3 Å². The minimum atomic E-state index is -0.647. The number of esters is 1. The fourth-order valence-corrected chi connectivity index (χ4v) is 2.67. The van der Waals surface area contributed by atoms with Crippen LogP contribution >= 0.6 is 0 Å². The maximum Gasteiger partial charge on any atom is 0.348 e. The number of nitrogens with zero attached hydrogens (tertiary/aromatic N) is 2. The van der Waals surface area contributed by atoms with E-state index in [4.69, 9.17) is 10.00 Å². The largest absolute Gasteiger partial charge is 0.492 e. The first kappa shape index (κ1) is 17.3. The molecule has 0 fully saturated rings. The molecule has 0 bridgehead atoms. The van der Waals surface area contributed by atoms with Crippen LogP contribution in [-0.4, -0.2) is 24.3 Å². The van der Waals surface area contributed by atoms with Gasteiger partial charge in [-0.3, -0.25) is 0 Å². The molecule has 0 N–H and O–H groups in total. The average molecular weight is 346 g/mol. The Bertz CT molecular complexity index is 978. The van der Waals surface area contributed by atoms with Crippen LogP contribution in [0.2, 0.25) is 0 Å². The van der Waals surface area contributed by atoms with E-state index >= 15 is 0 Å². The number of rotatable bonds is 6. The molecule has 0 atom stereocenters. The van der Waals surface area contributed by atoms with Gasteiger partial charge in [0.2, 0.25) is 0 Å². The Balaban J connectivity index is 1.60. The second kappa shape index (κ2) is 8.04. The zero-order valence-corrected chi connectivity index (χ0v) is 14.4. The molecule has 0 aliphatic heterocycles. The molecule has 0 radical (unpaired) electrons. The summed E-state index contributed by atoms with van der Waals surface area (Å²) < 4.78 is 12.5. The molecule has 3 rings (SSSR count). The first-order chi connectivity index (χ1) is 12.7. The molecule has 2 aromatic carbocycles. The second-order valence-corrected chi connectivity index (χ2v) is 5.65. The van der Waals surface area contributed by atoms with E-state index in [0.29, 0.717) is 6.61 Å². The van der Waals surface area contributed by atoms with Crippen LogP contribution in [0.25, 0.3) is 17.0 Å². The van der Waals surface area contributed by atoms with Crippen LogP contribution in [0.15, 0.2) is 66.4 Å². The molecule has 5 heteroatoms. The summed E-state index contributed by atoms with van der Waals surface area (Å²) in [4.78, 5) is 11.4. The first-order valence-corrected chi connectivity index (χ1v) is 8.18. The number of para-hydroxylation sites is 1. The molecule has 130 valence electrons. The SMILES string of the molecule is COC(=O)C(C#N)=Cc1ccc(OCCn2ccc3ccccc32)cc1. The van der Waals surface area contributed by atoms with Gasteiger partial charge < -0.3 is 14.0 Å². The van der Waals surface area contributed by atoms with Gasteiger partial charge in [0.05, 0.1) is 13.7 Å². The zero-order chi connectivity index (χ0) is 18.4. The highest BCUT2D eigenvalue weighted by Crippen LogP contribution is 2.17. The van der Waals surface area contributed by atoms with Crippen molar-refractivity contribution in [2.45, 2.75) is 6.54 Å². The van der Waals surface area contributed by atoms with Gasteiger partial charge in [0.15, 0.2) is 0 Å². The van der Waals surface area contributed by atoms with E-state index in [0.717, 1.165) is 17.9 Å². The highest BCUT2D eigenvalue weighted by Gasteiger charge is 2.08. The highest BCUT2D eigenvalue weighted by molar-refractivity contribution is 5.97. The van der Waals surface area contributed by atoms with Crippen LogP contribution in [0.4, 0.5) is 0 Å². The lowest BCUT2D eigenvalue weighted by molar-refractivity contribution is -0.135. The van der Waals surface area contributed by atoms with E-state index in [1.165, 1.54) is 24.1 Å². The summed E-state index contributed by atoms with van der Waals surface area (Å²) in [6.07, 6.45) is 3.54. The van der Waals surface area contributed by atoms with Gasteiger partial charge in [0.25, 0.3) is 0 Å². The minimum absolute atomic E-state index is 0.0411. The Morgan fingerprint density at radius 2 is 1.92 bits per heavy atom. The van der Waals surface area contributed by atoms with Gasteiger partial charge in [0.1, 0.15) is 24.0 Å². The van der Waals surface area contributed by atoms with Gasteiger partial charge in [-0.2, -0.15) is 5.26 Å². The lowest BCUT2D eigenvalue weighted by Gasteiger charge is -2.08. The normalized spacial score (nSPS) is 11.2. The third kappa shape index (κ3) is 3.93. The Kier molecular flexibility index (Phi) is 5.35. The predicted molar refractivity (Wildman–Crippen MR) is 99.5 cm³/mol. The Hall–Kier alpha value is -3.52. The molecule has 5 nitrogen and oxygen atoms in total. The number of nitriles is 1. The third-order valence-electron chi connectivity index (χ3n) is 4.00. The fourth-order valence-electron chi connectivity index (χ4n) is 2.67. The van der Waals surface area contributed by atoms with E-state index < -0.39 is 5.97 Å². The quantitative estimate of drug-likeness (QED) is 0.387. The van der Waals surface area contributed by atoms with Crippen LogP contribution in [0.5, 0.6) is 5.75 Å². The summed E-state index contributed by atoms with van der Waals surface area (Å²) in [5.74, 6) is 0.0852. The molecule has 1 aromatic heterocycles. The summed E-state index contributed by atoms with van der Waals surface area (Å²) in [5.41, 5.74) is 1.87. The van der Waals surface area contributed by atoms with Gasteiger partial charge in [-0.15, -0.1) is 0 Å². The maximum atomic E-state index is 11.4. The van der Waals surface area contributed by atoms with Crippen molar-refractivity contribution in [1.29, 1.82) is 5.26 Å². The number of carbonyl (C=O) groups is 1. The van der Waals surface area contributed by atoms with Gasteiger partial charge in [0, 0.05) is 11.7 Å². The van der Waals surface area contributed by atoms with Crippen molar-refractivity contribution in [3.8, 4) is 11.8 Å². The van der Waals surface area contributed by atoms with Crippen molar-refractivity contribution in [2.75, 3.05) is 13.7 Å². The first-order valence-electron chi connectivity index (χ1n) is 8.18. The Morgan fingerprint density at radius 1 is 1.15 bits per heavy atom. The van der Waals surface area contributed by atoms with Crippen molar-refractivity contribution in [3.05, 3.63) is 71.9 Å². The standard InChI is InChI=1S/C21H18N2O3/c1-25-21(24)18(15-22)14-16-6-8-19(9-7-16)26-13-12-23-11-10-17-4-2-3-5-20(17)23/h2-11,14H,12-13H2,1H3. The molecule has 0 spiro atoms. The maximum absolute atomic E-state index is 11.4. The second-order valence-electron chi connectivity index (χ2n) is 5.65. The van der Waals surface area contributed by atoms with Crippen molar-refractivity contribution < 1.29 is 14.3 Å². The number of benzene rings is 2. The lowest BCUT2D eigenvalue weighted by Crippen LogP contribution is -2.07. The molecule has 26 heavy (non-hydrogen) atoms. The number of methoxy groups -OCH3 is 1. The lowest BCUT2D eigenvalue weighted by atomic mass is 10.1. The summed E-state index contributed by atoms with van der Waals surface area (Å²) in [5, 5.41) is 10.2. The van der Waals surface area contributed by atoms with Gasteiger partial charge >= 0.3 is 5.97 Å². The predicted octanol–water partition coefficient (Wildman–Crippen LogP) is 3.80. The van der Waals surface area contributed by atoms with Crippen molar-refractivity contribution in [3.63, 3.8) is 0 Å². The summed E-state index contributed by atoms with van der Waals surface area (Å²) in [6.45, 7) is 1.29. The van der Waals surface area contributed by atoms with Gasteiger partial charge in [-0.25, -0.2) is 4.79 Å². The fraction of sp³-hybridized carbons (Fsp3) is 0.143. The number of carbonyl (C=O) groups excluding carboxylic acids is 1. The molecular weight excluding hydrogens is 328 g/mol. The summed E-state index contributed by atoms with van der Waals surface area (Å²) in [7, 11) is 1.25. The number of ether oxygens (including phenoxy) is 2. The molecule has 0 aliphatic carbocycles. The van der Waals surface area contributed by atoms with Crippen molar-refractivity contribution >= 4 is 22.9 Å². The van der Waals surface area contributed by atoms with Crippen molar-refractivity contribution in [2.24, 2.45) is 0 Å². The van der Waals surface area contributed by atoms with E-state index in [1.807, 2.05) is 30.3 Å². The Labute approximate surface area is 151 Å². The summed E-state index contributed by atoms with van der Waals surface area (Å²) >= 11 is 0. The molecule has 3 aromatic rings. The van der Waals surface area contributed by atoms with Crippen LogP contribution in [0, 0.1) is 11.3 Å². The molecular formula is C21H18N2O3. The van der Waals surface area contributed by atoms with Crippen LogP contribution < -0.4 is 4.74 Å². The number of hydrogen-bond acceptors (Lipinski definition) is 4. The smallest absolute Gasteiger partial charge is 0.348 e. The molecule has 0 saturated heterocycles. The van der Waals surface area contributed by atoms with Crippen LogP contribution in [-0.2, 0) is 16.1 Å². The van der Waals surface area contributed by atoms with E-state index in [-0.39, 0.29) is 5.57 Å². The summed E-state index contributed by atoms with van der Waals surface area (Å²) in [6, 6.07) is 19.4. The topological polar surface area (TPSA) is 64.2 Å². The van der Waals surface area contributed by atoms with Crippen LogP contribution in [0.3, 0.4) is 0 Å². The molecule has 1 heterocycles. The minimum Gasteiger partial charge on any atom is -0.492 e. The average Bonchev–Trinajstić information content (AvgIpc) is 3.10. The molecule has 0 aliphatic rings. The molecule has 0 amide bonds. The molecule has 0 unspecified atom stereocenters. The van der Waals surface area contributed by atoms with E-state index in [9.17, 15) is 4.79 Å². The van der Waals surface area contributed by atoms with Crippen molar-refractivity contribution in [1.82, 2.24) is 4.57 Å². The molecule has 0 saturated carbocycles. The van der Waals surface area contributed by atoms with Gasteiger partial charge in [-0.05, 0) is 41.3 Å². The number of aromatic nitrogens is 1. The van der Waals surface area contributed by atoms with E-state index in [1.54, 1.807) is 12.1 Å². The van der Waals surface area contributed by atoms with Crippen LogP contribution in [0.1, 0.15) is 5.56 Å².